The van der Waals surface area contributed by atoms with Gasteiger partial charge >= 0.3 is 0 Å². The quantitative estimate of drug-likeness (QED) is 0.550. The Morgan fingerprint density at radius 1 is 1.12 bits per heavy atom. The van der Waals surface area contributed by atoms with Gasteiger partial charge in [0.05, 0.1) is 24.3 Å². The molecule has 0 aliphatic rings. The number of carbonyl (C=O) groups excluding carboxylic acids is 1. The van der Waals surface area contributed by atoms with Crippen LogP contribution in [0.4, 0.5) is 0 Å². The van der Waals surface area contributed by atoms with Gasteiger partial charge in [-0.2, -0.15) is 5.10 Å². The fourth-order valence-corrected chi connectivity index (χ4v) is 2.88. The summed E-state index contributed by atoms with van der Waals surface area (Å²) in [6.07, 6.45) is 1.46. The second-order valence-electron chi connectivity index (χ2n) is 4.93. The molecule has 0 saturated carbocycles. The van der Waals surface area contributed by atoms with Gasteiger partial charge in [0, 0.05) is 0 Å². The summed E-state index contributed by atoms with van der Waals surface area (Å²) in [6, 6.07) is 15.0. The Morgan fingerprint density at radius 2 is 1.80 bits per heavy atom. The second kappa shape index (κ2) is 8.95. The number of rotatable bonds is 8. The van der Waals surface area contributed by atoms with Crippen LogP contribution in [0, 0.1) is 0 Å². The summed E-state index contributed by atoms with van der Waals surface area (Å²) in [5.41, 5.74) is 3.04. The van der Waals surface area contributed by atoms with E-state index in [4.69, 9.17) is 4.74 Å². The third-order valence-electron chi connectivity index (χ3n) is 3.07. The lowest BCUT2D eigenvalue weighted by Crippen LogP contribution is -2.34. The number of hydrogen-bond donors (Lipinski definition) is 2. The zero-order valence-corrected chi connectivity index (χ0v) is 14.5. The minimum atomic E-state index is -3.72. The normalized spacial score (nSPS) is 11.4. The molecule has 0 aromatic heterocycles. The van der Waals surface area contributed by atoms with Crippen molar-refractivity contribution in [1.29, 1.82) is 0 Å². The van der Waals surface area contributed by atoms with Crippen LogP contribution >= 0.6 is 0 Å². The minimum Gasteiger partial charge on any atom is -0.494 e. The number of nitrogens with zero attached hydrogens (tertiary/aromatic N) is 1. The largest absolute Gasteiger partial charge is 0.494 e. The molecule has 132 valence electrons. The first-order chi connectivity index (χ1) is 12.0. The highest BCUT2D eigenvalue weighted by atomic mass is 32.2. The SMILES string of the molecule is CCOc1ccc(/C=N\NC(=O)CNS(=O)(=O)c2ccccc2)cc1. The Balaban J connectivity index is 1.82. The molecule has 0 radical (unpaired) electrons. The zero-order chi connectivity index (χ0) is 18.1. The number of ether oxygens (including phenoxy) is 1. The van der Waals surface area contributed by atoms with Crippen LogP contribution in [0.15, 0.2) is 64.6 Å². The Kier molecular flexibility index (Phi) is 6.67. The molecular formula is C17H19N3O4S. The van der Waals surface area contributed by atoms with Crippen molar-refractivity contribution in [3.63, 3.8) is 0 Å². The molecule has 8 heteroatoms. The number of nitrogens with one attached hydrogen (secondary N) is 2. The van der Waals surface area contributed by atoms with Crippen LogP contribution in [-0.4, -0.2) is 33.7 Å². The standard InChI is InChI=1S/C17H19N3O4S/c1-2-24-15-10-8-14(9-11-15)12-18-20-17(21)13-19-25(22,23)16-6-4-3-5-7-16/h3-12,19H,2,13H2,1H3,(H,20,21)/b18-12-. The van der Waals surface area contributed by atoms with E-state index in [9.17, 15) is 13.2 Å². The molecule has 2 aromatic carbocycles. The van der Waals surface area contributed by atoms with Gasteiger partial charge in [-0.3, -0.25) is 4.79 Å². The van der Waals surface area contributed by atoms with E-state index in [1.807, 2.05) is 6.92 Å². The van der Waals surface area contributed by atoms with E-state index in [2.05, 4.69) is 15.2 Å². The summed E-state index contributed by atoms with van der Waals surface area (Å²) < 4.78 is 31.5. The third-order valence-corrected chi connectivity index (χ3v) is 4.49. The molecule has 0 heterocycles. The topological polar surface area (TPSA) is 96.9 Å². The van der Waals surface area contributed by atoms with Gasteiger partial charge in [0.15, 0.2) is 0 Å². The predicted octanol–water partition coefficient (Wildman–Crippen LogP) is 1.51. The van der Waals surface area contributed by atoms with E-state index in [-0.39, 0.29) is 4.90 Å². The number of hydrazone groups is 1. The molecule has 0 atom stereocenters. The molecule has 1 amide bonds. The fraction of sp³-hybridized carbons (Fsp3) is 0.176. The number of hydrogen-bond acceptors (Lipinski definition) is 5. The van der Waals surface area contributed by atoms with Gasteiger partial charge in [-0.15, -0.1) is 0 Å². The molecule has 0 spiro atoms. The van der Waals surface area contributed by atoms with Gasteiger partial charge in [0.1, 0.15) is 5.75 Å². The highest BCUT2D eigenvalue weighted by molar-refractivity contribution is 7.89. The number of sulfonamides is 1. The van der Waals surface area contributed by atoms with Crippen LogP contribution in [0.25, 0.3) is 0 Å². The lowest BCUT2D eigenvalue weighted by molar-refractivity contribution is -0.119. The summed E-state index contributed by atoms with van der Waals surface area (Å²) >= 11 is 0. The van der Waals surface area contributed by atoms with Crippen molar-refractivity contribution in [2.24, 2.45) is 5.10 Å². The van der Waals surface area contributed by atoms with Crippen molar-refractivity contribution < 1.29 is 17.9 Å². The van der Waals surface area contributed by atoms with Gasteiger partial charge in [-0.25, -0.2) is 18.6 Å². The summed E-state index contributed by atoms with van der Waals surface area (Å²) in [5, 5.41) is 3.79. The molecule has 0 bridgehead atoms. The minimum absolute atomic E-state index is 0.0979. The monoisotopic (exact) mass is 361 g/mol. The maximum atomic E-state index is 12.0. The maximum absolute atomic E-state index is 12.0. The highest BCUT2D eigenvalue weighted by Crippen LogP contribution is 2.10. The third kappa shape index (κ3) is 6.02. The summed E-state index contributed by atoms with van der Waals surface area (Å²) in [4.78, 5) is 11.8. The Morgan fingerprint density at radius 3 is 2.44 bits per heavy atom. The van der Waals surface area contributed by atoms with Crippen LogP contribution < -0.4 is 14.9 Å². The highest BCUT2D eigenvalue weighted by Gasteiger charge is 2.14. The fourth-order valence-electron chi connectivity index (χ4n) is 1.88. The molecule has 2 N–H and O–H groups in total. The Labute approximate surface area is 146 Å². The van der Waals surface area contributed by atoms with Crippen molar-refractivity contribution in [2.75, 3.05) is 13.2 Å². The number of carbonyl (C=O) groups is 1. The molecule has 2 rings (SSSR count). The first-order valence-electron chi connectivity index (χ1n) is 7.61. The van der Waals surface area contributed by atoms with E-state index in [0.717, 1.165) is 11.3 Å². The van der Waals surface area contributed by atoms with Crippen molar-refractivity contribution >= 4 is 22.1 Å². The van der Waals surface area contributed by atoms with Crippen LogP contribution in [-0.2, 0) is 14.8 Å². The molecule has 2 aromatic rings. The number of benzene rings is 2. The van der Waals surface area contributed by atoms with Gasteiger partial charge < -0.3 is 4.74 Å². The average molecular weight is 361 g/mol. The maximum Gasteiger partial charge on any atom is 0.255 e. The first kappa shape index (κ1) is 18.6. The summed E-state index contributed by atoms with van der Waals surface area (Å²) in [6.45, 7) is 2.08. The van der Waals surface area contributed by atoms with Gasteiger partial charge in [-0.05, 0) is 48.9 Å². The van der Waals surface area contributed by atoms with Crippen LogP contribution in [0.1, 0.15) is 12.5 Å². The van der Waals surface area contributed by atoms with E-state index >= 15 is 0 Å². The molecule has 0 saturated heterocycles. The number of amides is 1. The van der Waals surface area contributed by atoms with E-state index < -0.39 is 22.5 Å². The lowest BCUT2D eigenvalue weighted by Gasteiger charge is -2.05. The van der Waals surface area contributed by atoms with Gasteiger partial charge in [0.25, 0.3) is 5.91 Å². The zero-order valence-electron chi connectivity index (χ0n) is 13.7. The van der Waals surface area contributed by atoms with Crippen molar-refractivity contribution in [1.82, 2.24) is 10.1 Å². The summed E-state index contributed by atoms with van der Waals surface area (Å²) in [5.74, 6) is 0.181. The van der Waals surface area contributed by atoms with Crippen molar-refractivity contribution in [2.45, 2.75) is 11.8 Å². The van der Waals surface area contributed by atoms with Gasteiger partial charge in [-0.1, -0.05) is 18.2 Å². The first-order valence-corrected chi connectivity index (χ1v) is 9.09. The second-order valence-corrected chi connectivity index (χ2v) is 6.70. The molecule has 7 nitrogen and oxygen atoms in total. The van der Waals surface area contributed by atoms with Gasteiger partial charge in [0.2, 0.25) is 10.0 Å². The molecule has 0 aliphatic heterocycles. The molecular weight excluding hydrogens is 342 g/mol. The van der Waals surface area contributed by atoms with Crippen molar-refractivity contribution in [3.05, 3.63) is 60.2 Å². The molecule has 0 fully saturated rings. The van der Waals surface area contributed by atoms with E-state index in [1.165, 1.54) is 18.3 Å². The van der Waals surface area contributed by atoms with E-state index in [1.54, 1.807) is 42.5 Å². The summed E-state index contributed by atoms with van der Waals surface area (Å²) in [7, 11) is -3.72. The van der Waals surface area contributed by atoms with Crippen LogP contribution in [0.5, 0.6) is 5.75 Å². The van der Waals surface area contributed by atoms with Crippen molar-refractivity contribution in [3.8, 4) is 5.75 Å². The van der Waals surface area contributed by atoms with Crippen LogP contribution in [0.2, 0.25) is 0 Å². The molecule has 0 unspecified atom stereocenters. The Hall–Kier alpha value is -2.71. The van der Waals surface area contributed by atoms with Crippen LogP contribution in [0.3, 0.4) is 0 Å². The average Bonchev–Trinajstić information content (AvgIpc) is 2.63. The lowest BCUT2D eigenvalue weighted by atomic mass is 10.2. The predicted molar refractivity (Wildman–Crippen MR) is 95.0 cm³/mol. The molecule has 25 heavy (non-hydrogen) atoms. The smallest absolute Gasteiger partial charge is 0.255 e. The van der Waals surface area contributed by atoms with E-state index in [0.29, 0.717) is 6.61 Å². The molecule has 0 aliphatic carbocycles. The Bertz CT molecular complexity index is 819.